The maximum absolute atomic E-state index is 9.56. The first-order valence-electron chi connectivity index (χ1n) is 4.20. The fraction of sp³-hybridized carbons (Fsp3) is 1.00. The molecule has 19 heavy (non-hydrogen) atoms. The monoisotopic (exact) mass is 484 g/mol. The molecule has 0 aliphatic carbocycles. The Labute approximate surface area is 143 Å². The molecule has 0 saturated carbocycles. The van der Waals surface area contributed by atoms with Gasteiger partial charge in [-0.25, -0.2) is 0 Å². The number of hydrogen-bond acceptors (Lipinski definition) is 4. The third-order valence-electron chi connectivity index (χ3n) is 0. The Kier molecular flexibility index (Phi) is 54.9. The minimum atomic E-state index is -0.611. The quantitative estimate of drug-likeness (QED) is 0.487. The van der Waals surface area contributed by atoms with Gasteiger partial charge in [-0.2, -0.15) is 0 Å². The molecule has 11 heteroatoms. The number of hydrogen-bond donors (Lipinski definition) is 0. The van der Waals surface area contributed by atoms with Gasteiger partial charge in [0.15, 0.2) is 0 Å². The summed E-state index contributed by atoms with van der Waals surface area (Å²) in [5.74, 6) is 0. The molecule has 0 N–H and O–H groups in total. The Morgan fingerprint density at radius 2 is 0.526 bits per heavy atom. The van der Waals surface area contributed by atoms with Gasteiger partial charge in [0.25, 0.3) is 0 Å². The van der Waals surface area contributed by atoms with E-state index in [2.05, 4.69) is 0 Å². The Morgan fingerprint density at radius 3 is 0.526 bits per heavy atom. The van der Waals surface area contributed by atoms with Gasteiger partial charge in [0, 0.05) is 93.2 Å². The SMILES string of the molecule is CS(C)=O.CS(C)=O.CS(C)=O.CS(C)=O.[Cl][Ru][Cl]. The maximum atomic E-state index is 9.56. The second-order valence-corrected chi connectivity index (χ2v) is 11.6. The van der Waals surface area contributed by atoms with Crippen LogP contribution in [0.15, 0.2) is 0 Å². The molecule has 0 rings (SSSR count). The summed E-state index contributed by atoms with van der Waals surface area (Å²) >= 11 is -0.346. The van der Waals surface area contributed by atoms with E-state index in [0.717, 1.165) is 0 Å². The molecule has 0 amide bonds. The second-order valence-electron chi connectivity index (χ2n) is 3.02. The van der Waals surface area contributed by atoms with Gasteiger partial charge >= 0.3 is 34.5 Å². The van der Waals surface area contributed by atoms with Gasteiger partial charge in [-0.1, -0.05) is 0 Å². The molecule has 4 nitrogen and oxygen atoms in total. The molecule has 0 fully saturated rings. The molecule has 126 valence electrons. The molecule has 0 aromatic rings. The zero-order valence-corrected chi connectivity index (χ0v) is 18.9. The Hall–Kier alpha value is 1.80. The first-order valence-corrected chi connectivity index (χ1v) is 16.5. The Balaban J connectivity index is -0.0000000432. The van der Waals surface area contributed by atoms with Crippen LogP contribution in [0.25, 0.3) is 0 Å². The van der Waals surface area contributed by atoms with Crippen LogP contribution in [0.1, 0.15) is 0 Å². The van der Waals surface area contributed by atoms with E-state index in [1.54, 1.807) is 50.0 Å². The van der Waals surface area contributed by atoms with Crippen LogP contribution in [-0.4, -0.2) is 66.9 Å². The van der Waals surface area contributed by atoms with Crippen LogP contribution < -0.4 is 0 Å². The van der Waals surface area contributed by atoms with Gasteiger partial charge in [-0.15, -0.1) is 0 Å². The first kappa shape index (κ1) is 32.7. The van der Waals surface area contributed by atoms with Crippen LogP contribution in [0, 0.1) is 0 Å². The molecule has 0 saturated heterocycles. The zero-order valence-electron chi connectivity index (χ0n) is 12.4. The summed E-state index contributed by atoms with van der Waals surface area (Å²) < 4.78 is 38.2. The van der Waals surface area contributed by atoms with E-state index < -0.39 is 43.2 Å². The molecule has 0 bridgehead atoms. The predicted molar refractivity (Wildman–Crippen MR) is 91.7 cm³/mol. The minimum absolute atomic E-state index is 0.346. The second kappa shape index (κ2) is 32.0. The summed E-state index contributed by atoms with van der Waals surface area (Å²) in [5, 5.41) is 0. The summed E-state index contributed by atoms with van der Waals surface area (Å²) in [7, 11) is 7.26. The van der Waals surface area contributed by atoms with Crippen LogP contribution in [0.4, 0.5) is 0 Å². The fourth-order valence-corrected chi connectivity index (χ4v) is 0. The van der Waals surface area contributed by atoms with Gasteiger partial charge in [-0.3, -0.25) is 16.8 Å². The van der Waals surface area contributed by atoms with Crippen molar-refractivity contribution in [2.45, 2.75) is 0 Å². The van der Waals surface area contributed by atoms with Gasteiger partial charge in [0.1, 0.15) is 0 Å². The summed E-state index contributed by atoms with van der Waals surface area (Å²) in [6.07, 6.45) is 13.1. The van der Waals surface area contributed by atoms with Crippen LogP contribution >= 0.6 is 19.4 Å². The van der Waals surface area contributed by atoms with Crippen molar-refractivity contribution in [1.82, 2.24) is 0 Å². The molecule has 0 unspecified atom stereocenters. The molecule has 0 spiro atoms. The van der Waals surface area contributed by atoms with Crippen LogP contribution in [0.5, 0.6) is 0 Å². The molecule has 0 aliphatic heterocycles. The number of rotatable bonds is 0. The van der Waals surface area contributed by atoms with E-state index in [-0.39, 0.29) is 15.1 Å². The molecule has 0 aromatic heterocycles. The topological polar surface area (TPSA) is 68.3 Å². The van der Waals surface area contributed by atoms with Crippen molar-refractivity contribution >= 4 is 62.6 Å². The van der Waals surface area contributed by atoms with E-state index in [1.165, 1.54) is 0 Å². The Bertz CT molecular complexity index is 191. The number of halogens is 2. The van der Waals surface area contributed by atoms with E-state index >= 15 is 0 Å². The van der Waals surface area contributed by atoms with E-state index in [9.17, 15) is 16.8 Å². The summed E-state index contributed by atoms with van der Waals surface area (Å²) in [6.45, 7) is 0. The summed E-state index contributed by atoms with van der Waals surface area (Å²) in [5.41, 5.74) is 0. The molecule has 0 heterocycles. The third kappa shape index (κ3) is 1930. The molecule has 0 aromatic carbocycles. The van der Waals surface area contributed by atoms with E-state index in [4.69, 9.17) is 19.4 Å². The van der Waals surface area contributed by atoms with Crippen molar-refractivity contribution in [2.75, 3.05) is 50.0 Å². The average molecular weight is 485 g/mol. The molecule has 0 radical (unpaired) electrons. The van der Waals surface area contributed by atoms with Gasteiger partial charge in [-0.05, 0) is 0 Å². The average Bonchev–Trinajstić information content (AvgIpc) is 1.97. The summed E-state index contributed by atoms with van der Waals surface area (Å²) in [4.78, 5) is 0. The van der Waals surface area contributed by atoms with Crippen LogP contribution in [-0.2, 0) is 58.3 Å². The third-order valence-corrected chi connectivity index (χ3v) is 0. The van der Waals surface area contributed by atoms with E-state index in [1.807, 2.05) is 0 Å². The van der Waals surface area contributed by atoms with Crippen molar-refractivity contribution in [2.24, 2.45) is 0 Å². The summed E-state index contributed by atoms with van der Waals surface area (Å²) in [6, 6.07) is 0. The normalized spacial score (nSPS) is 8.53. The molecule has 0 atom stereocenters. The first-order chi connectivity index (χ1) is 8.34. The van der Waals surface area contributed by atoms with Crippen molar-refractivity contribution in [3.63, 3.8) is 0 Å². The molecular weight excluding hydrogens is 460 g/mol. The zero-order chi connectivity index (χ0) is 17.0. The van der Waals surface area contributed by atoms with Crippen molar-refractivity contribution in [3.05, 3.63) is 0 Å². The van der Waals surface area contributed by atoms with Crippen LogP contribution in [0.3, 0.4) is 0 Å². The van der Waals surface area contributed by atoms with Crippen LogP contribution in [0.2, 0.25) is 0 Å². The van der Waals surface area contributed by atoms with Crippen molar-refractivity contribution in [3.8, 4) is 0 Å². The van der Waals surface area contributed by atoms with Gasteiger partial charge < -0.3 is 0 Å². The van der Waals surface area contributed by atoms with E-state index in [0.29, 0.717) is 0 Å². The standard InChI is InChI=1S/4C2H6OS.2ClH.Ru/c4*1-4(2)3;;;/h4*1-2H3;2*1H;/q;;;;;;+2/p-2. The van der Waals surface area contributed by atoms with Gasteiger partial charge in [0.05, 0.1) is 0 Å². The fourth-order valence-electron chi connectivity index (χ4n) is 0. The Morgan fingerprint density at radius 1 is 0.526 bits per heavy atom. The van der Waals surface area contributed by atoms with Crippen molar-refractivity contribution < 1.29 is 32.0 Å². The molecular formula is C8H24Cl2O4RuS4. The van der Waals surface area contributed by atoms with Gasteiger partial charge in [0.2, 0.25) is 0 Å². The van der Waals surface area contributed by atoms with Crippen molar-refractivity contribution in [1.29, 1.82) is 0 Å². The molecule has 0 aliphatic rings. The predicted octanol–water partition coefficient (Wildman–Crippen LogP) is 1.36.